The zero-order valence-corrected chi connectivity index (χ0v) is 14.4. The van der Waals surface area contributed by atoms with Crippen LogP contribution < -0.4 is 10.1 Å². The number of halogens is 1. The van der Waals surface area contributed by atoms with Crippen LogP contribution in [0.5, 0.6) is 5.75 Å². The monoisotopic (exact) mass is 357 g/mol. The first kappa shape index (κ1) is 16.8. The predicted octanol–water partition coefficient (Wildman–Crippen LogP) is 5.94. The number of anilines is 2. The predicted molar refractivity (Wildman–Crippen MR) is 105 cm³/mol. The number of ether oxygens (including phenoxy) is 1. The molecule has 4 heteroatoms. The van der Waals surface area contributed by atoms with E-state index in [9.17, 15) is 9.18 Å². The highest BCUT2D eigenvalue weighted by Gasteiger charge is 2.08. The van der Waals surface area contributed by atoms with Gasteiger partial charge in [-0.1, -0.05) is 30.3 Å². The summed E-state index contributed by atoms with van der Waals surface area (Å²) in [5, 5.41) is 5.68. The van der Waals surface area contributed by atoms with Crippen molar-refractivity contribution in [2.45, 2.75) is 0 Å². The van der Waals surface area contributed by atoms with Gasteiger partial charge in [-0.25, -0.2) is 9.18 Å². The summed E-state index contributed by atoms with van der Waals surface area (Å²) in [5.74, 6) is -0.491. The normalized spacial score (nSPS) is 10.6. The first-order valence-electron chi connectivity index (χ1n) is 8.51. The van der Waals surface area contributed by atoms with E-state index < -0.39 is 11.8 Å². The molecule has 4 rings (SSSR count). The Hall–Kier alpha value is -3.66. The van der Waals surface area contributed by atoms with Gasteiger partial charge in [0.05, 0.1) is 5.56 Å². The topological polar surface area (TPSA) is 38.3 Å². The number of esters is 1. The van der Waals surface area contributed by atoms with Crippen LogP contribution in [0.15, 0.2) is 91.0 Å². The van der Waals surface area contributed by atoms with Crippen molar-refractivity contribution in [2.24, 2.45) is 0 Å². The Kier molecular flexibility index (Phi) is 4.54. The van der Waals surface area contributed by atoms with Crippen LogP contribution in [0.2, 0.25) is 0 Å². The van der Waals surface area contributed by atoms with E-state index in [2.05, 4.69) is 29.6 Å². The molecular formula is C23H16FNO2. The number of benzene rings is 4. The Morgan fingerprint density at radius 1 is 0.741 bits per heavy atom. The van der Waals surface area contributed by atoms with Crippen LogP contribution >= 0.6 is 0 Å². The molecule has 0 unspecified atom stereocenters. The SMILES string of the molecule is O=C(Oc1ccc(Nc2ccc3ccccc3c2)cc1)c1ccc(F)cc1. The van der Waals surface area contributed by atoms with Gasteiger partial charge in [-0.15, -0.1) is 0 Å². The molecule has 0 fully saturated rings. The van der Waals surface area contributed by atoms with Gasteiger partial charge in [0, 0.05) is 11.4 Å². The van der Waals surface area contributed by atoms with Gasteiger partial charge in [-0.3, -0.25) is 0 Å². The molecule has 0 spiro atoms. The number of rotatable bonds is 4. The molecule has 27 heavy (non-hydrogen) atoms. The van der Waals surface area contributed by atoms with Gasteiger partial charge in [0.1, 0.15) is 11.6 Å². The van der Waals surface area contributed by atoms with E-state index in [0.717, 1.165) is 16.8 Å². The highest BCUT2D eigenvalue weighted by atomic mass is 19.1. The summed E-state index contributed by atoms with van der Waals surface area (Å²) in [5.41, 5.74) is 2.16. The van der Waals surface area contributed by atoms with E-state index in [1.54, 1.807) is 12.1 Å². The first-order chi connectivity index (χ1) is 13.2. The van der Waals surface area contributed by atoms with Gasteiger partial charge in [0.15, 0.2) is 0 Å². The van der Waals surface area contributed by atoms with Crippen molar-refractivity contribution in [2.75, 3.05) is 5.32 Å². The van der Waals surface area contributed by atoms with Crippen molar-refractivity contribution in [3.05, 3.63) is 102 Å². The average molecular weight is 357 g/mol. The van der Waals surface area contributed by atoms with Crippen LogP contribution in [0.3, 0.4) is 0 Å². The molecule has 3 nitrogen and oxygen atoms in total. The zero-order chi connectivity index (χ0) is 18.6. The molecule has 0 aliphatic rings. The Balaban J connectivity index is 1.45. The largest absolute Gasteiger partial charge is 0.423 e. The fourth-order valence-electron chi connectivity index (χ4n) is 2.79. The molecule has 0 radical (unpaired) electrons. The highest BCUT2D eigenvalue weighted by molar-refractivity contribution is 5.91. The summed E-state index contributed by atoms with van der Waals surface area (Å²) < 4.78 is 18.2. The summed E-state index contributed by atoms with van der Waals surface area (Å²) in [4.78, 5) is 12.1. The minimum Gasteiger partial charge on any atom is -0.423 e. The standard InChI is InChI=1S/C23H16FNO2/c24-19-8-5-17(6-9-19)23(26)27-22-13-11-20(12-14-22)25-21-10-7-16-3-1-2-4-18(16)15-21/h1-15,25H. The van der Waals surface area contributed by atoms with Crippen molar-refractivity contribution < 1.29 is 13.9 Å². The molecule has 0 aliphatic heterocycles. The molecule has 4 aromatic carbocycles. The number of hydrogen-bond acceptors (Lipinski definition) is 3. The van der Waals surface area contributed by atoms with Gasteiger partial charge in [0.2, 0.25) is 0 Å². The summed E-state index contributed by atoms with van der Waals surface area (Å²) in [6, 6.07) is 26.7. The number of carbonyl (C=O) groups is 1. The Labute approximate surface area is 156 Å². The fourth-order valence-corrected chi connectivity index (χ4v) is 2.79. The Morgan fingerprint density at radius 2 is 1.41 bits per heavy atom. The lowest BCUT2D eigenvalue weighted by Crippen LogP contribution is -2.08. The van der Waals surface area contributed by atoms with Crippen LogP contribution in [0, 0.1) is 5.82 Å². The third-order valence-electron chi connectivity index (χ3n) is 4.18. The minimum atomic E-state index is -0.523. The van der Waals surface area contributed by atoms with Gasteiger partial charge < -0.3 is 10.1 Å². The van der Waals surface area contributed by atoms with Crippen LogP contribution in [0.25, 0.3) is 10.8 Å². The fraction of sp³-hybridized carbons (Fsp3) is 0. The van der Waals surface area contributed by atoms with Gasteiger partial charge in [-0.2, -0.15) is 0 Å². The van der Waals surface area contributed by atoms with E-state index in [1.807, 2.05) is 30.3 Å². The maximum Gasteiger partial charge on any atom is 0.343 e. The summed E-state index contributed by atoms with van der Waals surface area (Å²) in [7, 11) is 0. The maximum atomic E-state index is 12.9. The average Bonchev–Trinajstić information content (AvgIpc) is 2.70. The van der Waals surface area contributed by atoms with E-state index >= 15 is 0 Å². The quantitative estimate of drug-likeness (QED) is 0.363. The smallest absolute Gasteiger partial charge is 0.343 e. The van der Waals surface area contributed by atoms with Gasteiger partial charge in [-0.05, 0) is 71.4 Å². The molecule has 0 aliphatic carbocycles. The molecular weight excluding hydrogens is 341 g/mol. The molecule has 1 N–H and O–H groups in total. The second kappa shape index (κ2) is 7.30. The van der Waals surface area contributed by atoms with Crippen molar-refractivity contribution >= 4 is 28.1 Å². The van der Waals surface area contributed by atoms with Crippen molar-refractivity contribution in [1.82, 2.24) is 0 Å². The molecule has 0 saturated heterocycles. The third-order valence-corrected chi connectivity index (χ3v) is 4.18. The third kappa shape index (κ3) is 3.96. The Morgan fingerprint density at radius 3 is 2.15 bits per heavy atom. The number of nitrogens with one attached hydrogen (secondary N) is 1. The minimum absolute atomic E-state index is 0.301. The van der Waals surface area contributed by atoms with Crippen molar-refractivity contribution in [3.8, 4) is 5.75 Å². The molecule has 0 atom stereocenters. The molecule has 0 heterocycles. The molecule has 0 aromatic heterocycles. The van der Waals surface area contributed by atoms with Gasteiger partial charge >= 0.3 is 5.97 Å². The van der Waals surface area contributed by atoms with Gasteiger partial charge in [0.25, 0.3) is 0 Å². The molecule has 0 saturated carbocycles. The highest BCUT2D eigenvalue weighted by Crippen LogP contribution is 2.24. The first-order valence-corrected chi connectivity index (χ1v) is 8.51. The van der Waals surface area contributed by atoms with Crippen LogP contribution in [0.4, 0.5) is 15.8 Å². The number of carbonyl (C=O) groups excluding carboxylic acids is 1. The van der Waals surface area contributed by atoms with E-state index in [0.29, 0.717) is 11.3 Å². The van der Waals surface area contributed by atoms with Crippen LogP contribution in [0.1, 0.15) is 10.4 Å². The van der Waals surface area contributed by atoms with Crippen LogP contribution in [-0.4, -0.2) is 5.97 Å². The van der Waals surface area contributed by atoms with Crippen molar-refractivity contribution in [3.63, 3.8) is 0 Å². The lowest BCUT2D eigenvalue weighted by atomic mass is 10.1. The summed E-state index contributed by atoms with van der Waals surface area (Å²) >= 11 is 0. The van der Waals surface area contributed by atoms with E-state index in [1.165, 1.54) is 29.7 Å². The molecule has 4 aromatic rings. The summed E-state index contributed by atoms with van der Waals surface area (Å²) in [6.07, 6.45) is 0. The van der Waals surface area contributed by atoms with E-state index in [4.69, 9.17) is 4.74 Å². The second-order valence-electron chi connectivity index (χ2n) is 6.11. The number of hydrogen-bond donors (Lipinski definition) is 1. The second-order valence-corrected chi connectivity index (χ2v) is 6.11. The molecule has 0 bridgehead atoms. The maximum absolute atomic E-state index is 12.9. The Bertz CT molecular complexity index is 1090. The number of fused-ring (bicyclic) bond motifs is 1. The lowest BCUT2D eigenvalue weighted by molar-refractivity contribution is 0.0734. The summed E-state index contributed by atoms with van der Waals surface area (Å²) in [6.45, 7) is 0. The molecule has 132 valence electrons. The zero-order valence-electron chi connectivity index (χ0n) is 14.4. The lowest BCUT2D eigenvalue weighted by Gasteiger charge is -2.09. The van der Waals surface area contributed by atoms with Crippen LogP contribution in [-0.2, 0) is 0 Å². The van der Waals surface area contributed by atoms with Crippen molar-refractivity contribution in [1.29, 1.82) is 0 Å². The molecule has 0 amide bonds. The van der Waals surface area contributed by atoms with E-state index in [-0.39, 0.29) is 0 Å².